The molecule has 1 aliphatic rings. The SMILES string of the molecule is [2H]C([2H])([2H])N(C(=O)C1Cc2cc(F)ccc2N1c1cc(C(F)(F)F)cc(C)n1)c1cccc(F)n1. The largest absolute Gasteiger partial charge is 0.416 e. The molecule has 0 aliphatic carbocycles. The Kier molecular flexibility index (Phi) is 4.43. The van der Waals surface area contributed by atoms with Gasteiger partial charge in [0.25, 0.3) is 5.91 Å². The van der Waals surface area contributed by atoms with Gasteiger partial charge in [-0.15, -0.1) is 0 Å². The maximum absolute atomic E-state index is 13.9. The van der Waals surface area contributed by atoms with E-state index in [4.69, 9.17) is 4.11 Å². The summed E-state index contributed by atoms with van der Waals surface area (Å²) in [6.45, 7) is -1.77. The van der Waals surface area contributed by atoms with E-state index >= 15 is 0 Å². The van der Waals surface area contributed by atoms with Crippen LogP contribution in [0, 0.1) is 18.7 Å². The Bertz CT molecular complexity index is 1300. The Hall–Kier alpha value is -3.56. The number of fused-ring (bicyclic) bond motifs is 1. The second-order valence-corrected chi connectivity index (χ2v) is 7.21. The maximum atomic E-state index is 13.9. The van der Waals surface area contributed by atoms with Gasteiger partial charge in [0.2, 0.25) is 5.95 Å². The zero-order valence-corrected chi connectivity index (χ0v) is 16.5. The first-order chi connectivity index (χ1) is 16.3. The molecule has 3 aromatic rings. The number of carbonyl (C=O) groups excluding carboxylic acids is 1. The Morgan fingerprint density at radius 2 is 1.94 bits per heavy atom. The molecular formula is C22H17F5N4O. The highest BCUT2D eigenvalue weighted by atomic mass is 19.4. The van der Waals surface area contributed by atoms with Crippen molar-refractivity contribution in [1.29, 1.82) is 0 Å². The standard InChI is InChI=1S/C22H17F5N4O/c1-12-8-14(22(25,26)27)11-20(28-12)31-16-7-6-15(23)9-13(16)10-17(31)21(32)30(2)19-5-3-4-18(24)29-19/h3-9,11,17H,10H2,1-2H3/i2D3. The molecular weight excluding hydrogens is 431 g/mol. The summed E-state index contributed by atoms with van der Waals surface area (Å²) < 4.78 is 91.7. The molecule has 10 heteroatoms. The molecule has 5 nitrogen and oxygen atoms in total. The van der Waals surface area contributed by atoms with Crippen molar-refractivity contribution in [1.82, 2.24) is 9.97 Å². The summed E-state index contributed by atoms with van der Waals surface area (Å²) in [5, 5.41) is 0. The number of amides is 1. The van der Waals surface area contributed by atoms with E-state index in [0.717, 1.165) is 47.4 Å². The number of pyridine rings is 2. The first-order valence-corrected chi connectivity index (χ1v) is 9.36. The van der Waals surface area contributed by atoms with Crippen LogP contribution in [0.3, 0.4) is 0 Å². The van der Waals surface area contributed by atoms with E-state index in [9.17, 15) is 26.7 Å². The maximum Gasteiger partial charge on any atom is 0.416 e. The third-order valence-corrected chi connectivity index (χ3v) is 4.98. The van der Waals surface area contributed by atoms with Gasteiger partial charge in [0.1, 0.15) is 23.5 Å². The molecule has 1 aromatic carbocycles. The molecule has 2 aromatic heterocycles. The van der Waals surface area contributed by atoms with Crippen molar-refractivity contribution in [2.75, 3.05) is 16.8 Å². The van der Waals surface area contributed by atoms with E-state index in [1.165, 1.54) is 13.0 Å². The number of alkyl halides is 3. The van der Waals surface area contributed by atoms with Crippen molar-refractivity contribution in [2.24, 2.45) is 0 Å². The smallest absolute Gasteiger partial charge is 0.313 e. The van der Waals surface area contributed by atoms with Crippen molar-refractivity contribution in [3.63, 3.8) is 0 Å². The zero-order chi connectivity index (χ0) is 25.7. The summed E-state index contributed by atoms with van der Waals surface area (Å²) in [4.78, 5) is 22.7. The molecule has 4 rings (SSSR count). The number of rotatable bonds is 3. The first kappa shape index (κ1) is 18.1. The van der Waals surface area contributed by atoms with Gasteiger partial charge in [0, 0.05) is 28.9 Å². The van der Waals surface area contributed by atoms with E-state index in [2.05, 4.69) is 9.97 Å². The van der Waals surface area contributed by atoms with Crippen LogP contribution in [-0.2, 0) is 17.4 Å². The highest BCUT2D eigenvalue weighted by Crippen LogP contribution is 2.41. The molecule has 0 N–H and O–H groups in total. The predicted molar refractivity (Wildman–Crippen MR) is 108 cm³/mol. The average molecular weight is 451 g/mol. The Morgan fingerprint density at radius 3 is 2.62 bits per heavy atom. The molecule has 1 unspecified atom stereocenters. The molecule has 0 bridgehead atoms. The van der Waals surface area contributed by atoms with Gasteiger partial charge < -0.3 is 4.90 Å². The zero-order valence-electron chi connectivity index (χ0n) is 19.5. The molecule has 32 heavy (non-hydrogen) atoms. The van der Waals surface area contributed by atoms with Gasteiger partial charge in [-0.3, -0.25) is 9.69 Å². The lowest BCUT2D eigenvalue weighted by Crippen LogP contribution is -2.45. The van der Waals surface area contributed by atoms with Gasteiger partial charge in [-0.2, -0.15) is 17.6 Å². The van der Waals surface area contributed by atoms with Crippen molar-refractivity contribution in [2.45, 2.75) is 25.6 Å². The molecule has 166 valence electrons. The normalized spacial score (nSPS) is 17.4. The van der Waals surface area contributed by atoms with Crippen LogP contribution in [-0.4, -0.2) is 28.9 Å². The number of nitrogens with zero attached hydrogens (tertiary/aromatic N) is 4. The molecule has 1 aliphatic heterocycles. The van der Waals surface area contributed by atoms with Crippen LogP contribution in [0.25, 0.3) is 0 Å². The number of carbonyl (C=O) groups is 1. The van der Waals surface area contributed by atoms with Crippen LogP contribution in [0.15, 0.2) is 48.5 Å². The van der Waals surface area contributed by atoms with Gasteiger partial charge in [-0.05, 0) is 55.0 Å². The summed E-state index contributed by atoms with van der Waals surface area (Å²) in [5.74, 6) is -3.57. The van der Waals surface area contributed by atoms with Crippen LogP contribution >= 0.6 is 0 Å². The fourth-order valence-electron chi connectivity index (χ4n) is 3.62. The van der Waals surface area contributed by atoms with E-state index in [1.54, 1.807) is 0 Å². The number of benzene rings is 1. The molecule has 0 spiro atoms. The summed E-state index contributed by atoms with van der Waals surface area (Å²) in [7, 11) is 0. The van der Waals surface area contributed by atoms with Gasteiger partial charge in [0.15, 0.2) is 0 Å². The highest BCUT2D eigenvalue weighted by molar-refractivity contribution is 6.01. The lowest BCUT2D eigenvalue weighted by molar-refractivity contribution is -0.137. The topological polar surface area (TPSA) is 49.3 Å². The third kappa shape index (κ3) is 4.00. The van der Waals surface area contributed by atoms with E-state index < -0.39 is 48.2 Å². The van der Waals surface area contributed by atoms with Crippen molar-refractivity contribution in [3.8, 4) is 0 Å². The minimum atomic E-state index is -4.72. The molecule has 1 atom stereocenters. The van der Waals surface area contributed by atoms with E-state index in [0.29, 0.717) is 4.90 Å². The predicted octanol–water partition coefficient (Wildman–Crippen LogP) is 4.81. The number of anilines is 3. The van der Waals surface area contributed by atoms with Crippen LogP contribution in [0.2, 0.25) is 0 Å². The van der Waals surface area contributed by atoms with Gasteiger partial charge in [-0.1, -0.05) is 6.07 Å². The minimum absolute atomic E-state index is 0.00365. The molecule has 0 saturated carbocycles. The molecule has 1 amide bonds. The third-order valence-electron chi connectivity index (χ3n) is 4.98. The van der Waals surface area contributed by atoms with Gasteiger partial charge in [-0.25, -0.2) is 14.4 Å². The quantitative estimate of drug-likeness (QED) is 0.424. The van der Waals surface area contributed by atoms with Crippen LogP contribution < -0.4 is 9.80 Å². The number of hydrogen-bond donors (Lipinski definition) is 0. The van der Waals surface area contributed by atoms with Crippen molar-refractivity contribution < 1.29 is 30.9 Å². The summed E-state index contributed by atoms with van der Waals surface area (Å²) in [6, 6.07) is 6.82. The van der Waals surface area contributed by atoms with Crippen molar-refractivity contribution >= 4 is 23.2 Å². The Labute approximate surface area is 184 Å². The van der Waals surface area contributed by atoms with Crippen LogP contribution in [0.1, 0.15) is 20.9 Å². The summed E-state index contributed by atoms with van der Waals surface area (Å²) in [6.07, 6.45) is -4.95. The number of halogens is 5. The average Bonchev–Trinajstić information content (AvgIpc) is 3.10. The van der Waals surface area contributed by atoms with Crippen molar-refractivity contribution in [3.05, 3.63) is 77.1 Å². The van der Waals surface area contributed by atoms with Gasteiger partial charge >= 0.3 is 6.18 Å². The van der Waals surface area contributed by atoms with Gasteiger partial charge in [0.05, 0.1) is 5.56 Å². The number of aromatic nitrogens is 2. The lowest BCUT2D eigenvalue weighted by Gasteiger charge is -2.29. The first-order valence-electron chi connectivity index (χ1n) is 10.9. The number of hydrogen-bond acceptors (Lipinski definition) is 4. The second-order valence-electron chi connectivity index (χ2n) is 7.21. The lowest BCUT2D eigenvalue weighted by atomic mass is 10.1. The van der Waals surface area contributed by atoms with Crippen LogP contribution in [0.4, 0.5) is 39.3 Å². The Balaban J connectivity index is 1.87. The van der Waals surface area contributed by atoms with E-state index in [1.807, 2.05) is 0 Å². The molecule has 0 radical (unpaired) electrons. The fourth-order valence-corrected chi connectivity index (χ4v) is 3.62. The fraction of sp³-hybridized carbons (Fsp3) is 0.227. The molecule has 0 fully saturated rings. The number of aryl methyl sites for hydroxylation is 1. The minimum Gasteiger partial charge on any atom is -0.313 e. The number of likely N-dealkylation sites (N-methyl/N-ethyl adjacent to an activating group) is 1. The monoisotopic (exact) mass is 451 g/mol. The van der Waals surface area contributed by atoms with E-state index in [-0.39, 0.29) is 29.2 Å². The summed E-state index contributed by atoms with van der Waals surface area (Å²) in [5.41, 5.74) is -0.580. The molecule has 0 saturated heterocycles. The van der Waals surface area contributed by atoms with Crippen LogP contribution in [0.5, 0.6) is 0 Å². The Morgan fingerprint density at radius 1 is 1.16 bits per heavy atom. The molecule has 3 heterocycles. The second kappa shape index (κ2) is 7.85. The highest BCUT2D eigenvalue weighted by Gasteiger charge is 2.40. The summed E-state index contributed by atoms with van der Waals surface area (Å²) >= 11 is 0.